The van der Waals surface area contributed by atoms with E-state index in [0.717, 1.165) is 15.4 Å². The van der Waals surface area contributed by atoms with Gasteiger partial charge in [0.25, 0.3) is 0 Å². The number of thiazole rings is 1. The molecule has 3 N–H and O–H groups in total. The van der Waals surface area contributed by atoms with Gasteiger partial charge in [-0.25, -0.2) is 23.4 Å². The third-order valence-corrected chi connectivity index (χ3v) is 7.71. The molecule has 3 heterocycles. The van der Waals surface area contributed by atoms with Crippen LogP contribution < -0.4 is 5.73 Å². The molecule has 1 saturated heterocycles. The number of aliphatic hydroxyl groups excluding tert-OH is 1. The predicted molar refractivity (Wildman–Crippen MR) is 112 cm³/mol. The minimum atomic E-state index is -3.62. The fourth-order valence-electron chi connectivity index (χ4n) is 3.20. The number of nitrogen functional groups attached to an aromatic ring is 1. The molecule has 1 fully saturated rings. The number of rotatable bonds is 5. The van der Waals surface area contributed by atoms with E-state index >= 15 is 0 Å². The van der Waals surface area contributed by atoms with E-state index in [1.807, 2.05) is 13.8 Å². The van der Waals surface area contributed by atoms with Gasteiger partial charge in [-0.05, 0) is 31.5 Å². The number of nitrogens with two attached hydrogens (primary N) is 1. The summed E-state index contributed by atoms with van der Waals surface area (Å²) < 4.78 is 27.2. The van der Waals surface area contributed by atoms with Crippen LogP contribution in [0.1, 0.15) is 10.6 Å². The first kappa shape index (κ1) is 19.9. The van der Waals surface area contributed by atoms with Crippen molar-refractivity contribution in [3.63, 3.8) is 0 Å². The van der Waals surface area contributed by atoms with E-state index in [4.69, 9.17) is 10.8 Å². The molecule has 152 valence electrons. The molecule has 2 aromatic heterocycles. The first-order valence-electron chi connectivity index (χ1n) is 9.07. The Morgan fingerprint density at radius 1 is 1.24 bits per heavy atom. The molecule has 4 rings (SSSR count). The first-order chi connectivity index (χ1) is 13.8. The Balaban J connectivity index is 1.74. The zero-order valence-corrected chi connectivity index (χ0v) is 17.7. The summed E-state index contributed by atoms with van der Waals surface area (Å²) in [6, 6.07) is 4.98. The highest BCUT2D eigenvalue weighted by Crippen LogP contribution is 2.33. The highest BCUT2D eigenvalue weighted by molar-refractivity contribution is 7.89. The minimum absolute atomic E-state index is 0.00285. The summed E-state index contributed by atoms with van der Waals surface area (Å²) in [6.45, 7) is 4.45. The van der Waals surface area contributed by atoms with Gasteiger partial charge >= 0.3 is 0 Å². The highest BCUT2D eigenvalue weighted by atomic mass is 32.2. The van der Waals surface area contributed by atoms with E-state index in [9.17, 15) is 8.42 Å². The molecule has 0 radical (unpaired) electrons. The number of hydrogen-bond donors (Lipinski definition) is 2. The Kier molecular flexibility index (Phi) is 5.11. The lowest BCUT2D eigenvalue weighted by Crippen LogP contribution is -2.51. The second-order valence-corrected chi connectivity index (χ2v) is 10.3. The molecule has 0 saturated carbocycles. The molecule has 0 atom stereocenters. The average molecular weight is 432 g/mol. The van der Waals surface area contributed by atoms with Gasteiger partial charge in [-0.3, -0.25) is 0 Å². The summed E-state index contributed by atoms with van der Waals surface area (Å²) in [5, 5.41) is 10.1. The van der Waals surface area contributed by atoms with Crippen LogP contribution in [0.25, 0.3) is 21.8 Å². The molecule has 1 aliphatic heterocycles. The van der Waals surface area contributed by atoms with Gasteiger partial charge in [0.05, 0.1) is 26.7 Å². The molecule has 0 amide bonds. The third kappa shape index (κ3) is 3.64. The summed E-state index contributed by atoms with van der Waals surface area (Å²) in [4.78, 5) is 14.2. The Morgan fingerprint density at radius 3 is 2.66 bits per heavy atom. The monoisotopic (exact) mass is 431 g/mol. The lowest BCUT2D eigenvalue weighted by Gasteiger charge is -2.37. The van der Waals surface area contributed by atoms with Gasteiger partial charge in [0.2, 0.25) is 10.0 Å². The number of hydrogen-bond acceptors (Lipinski definition) is 8. The standard InChI is InChI=1S/C19H21N5O3S2/c1-11-3-4-14(29(26,27)24-8-13(9-24)10-25)5-15(11)16-6-22-19(20)18(23-16)17-7-21-12(2)28-17/h3-7,13,25H,8-10H2,1-2H3,(H2,20,22). The molecule has 0 aliphatic carbocycles. The number of benzene rings is 1. The Bertz CT molecular complexity index is 1170. The van der Waals surface area contributed by atoms with E-state index < -0.39 is 10.0 Å². The van der Waals surface area contributed by atoms with Gasteiger partial charge in [-0.1, -0.05) is 6.07 Å². The zero-order chi connectivity index (χ0) is 20.8. The molecule has 3 aromatic rings. The van der Waals surface area contributed by atoms with Crippen molar-refractivity contribution in [1.29, 1.82) is 0 Å². The van der Waals surface area contributed by atoms with E-state index in [1.54, 1.807) is 30.6 Å². The number of aryl methyl sites for hydroxylation is 2. The van der Waals surface area contributed by atoms with Crippen molar-refractivity contribution in [2.45, 2.75) is 18.7 Å². The fourth-order valence-corrected chi connectivity index (χ4v) is 5.60. The molecule has 10 heteroatoms. The van der Waals surface area contributed by atoms with E-state index in [0.29, 0.717) is 35.9 Å². The second-order valence-electron chi connectivity index (χ2n) is 7.08. The summed E-state index contributed by atoms with van der Waals surface area (Å²) >= 11 is 1.47. The van der Waals surface area contributed by atoms with Crippen LogP contribution in [0.2, 0.25) is 0 Å². The maximum atomic E-state index is 12.9. The number of nitrogens with zero attached hydrogens (tertiary/aromatic N) is 4. The normalized spacial score (nSPS) is 15.4. The van der Waals surface area contributed by atoms with Crippen molar-refractivity contribution in [2.75, 3.05) is 25.4 Å². The average Bonchev–Trinajstić information content (AvgIpc) is 3.07. The smallest absolute Gasteiger partial charge is 0.243 e. The summed E-state index contributed by atoms with van der Waals surface area (Å²) in [7, 11) is -3.62. The van der Waals surface area contributed by atoms with Gasteiger partial charge in [-0.2, -0.15) is 4.31 Å². The maximum Gasteiger partial charge on any atom is 0.243 e. The molecule has 1 aromatic carbocycles. The van der Waals surface area contributed by atoms with Crippen LogP contribution in [-0.4, -0.2) is 52.5 Å². The van der Waals surface area contributed by atoms with Crippen LogP contribution >= 0.6 is 11.3 Å². The largest absolute Gasteiger partial charge is 0.396 e. The van der Waals surface area contributed by atoms with E-state index in [1.165, 1.54) is 15.6 Å². The fraction of sp³-hybridized carbons (Fsp3) is 0.316. The van der Waals surface area contributed by atoms with Crippen LogP contribution in [-0.2, 0) is 10.0 Å². The number of aromatic nitrogens is 3. The predicted octanol–water partition coefficient (Wildman–Crippen LogP) is 2.08. The Morgan fingerprint density at radius 2 is 2.00 bits per heavy atom. The zero-order valence-electron chi connectivity index (χ0n) is 16.0. The van der Waals surface area contributed by atoms with Crippen LogP contribution in [0.5, 0.6) is 0 Å². The van der Waals surface area contributed by atoms with Crippen molar-refractivity contribution >= 4 is 27.2 Å². The molecule has 1 aliphatic rings. The highest BCUT2D eigenvalue weighted by Gasteiger charge is 2.36. The van der Waals surface area contributed by atoms with Crippen LogP contribution in [0.15, 0.2) is 35.5 Å². The number of aliphatic hydroxyl groups is 1. The topological polar surface area (TPSA) is 122 Å². The molecule has 0 unspecified atom stereocenters. The Hall–Kier alpha value is -2.40. The molecule has 0 spiro atoms. The minimum Gasteiger partial charge on any atom is -0.396 e. The number of anilines is 1. The maximum absolute atomic E-state index is 12.9. The van der Waals surface area contributed by atoms with Crippen molar-refractivity contribution in [1.82, 2.24) is 19.3 Å². The van der Waals surface area contributed by atoms with Gasteiger partial charge < -0.3 is 10.8 Å². The summed E-state index contributed by atoms with van der Waals surface area (Å²) in [5.41, 5.74) is 8.67. The molecular weight excluding hydrogens is 410 g/mol. The van der Waals surface area contributed by atoms with Crippen LogP contribution in [0, 0.1) is 19.8 Å². The van der Waals surface area contributed by atoms with Crippen molar-refractivity contribution in [3.05, 3.63) is 41.2 Å². The lowest BCUT2D eigenvalue weighted by molar-refractivity contribution is 0.117. The van der Waals surface area contributed by atoms with Crippen LogP contribution in [0.3, 0.4) is 0 Å². The summed E-state index contributed by atoms with van der Waals surface area (Å²) in [5.74, 6) is 0.303. The lowest BCUT2D eigenvalue weighted by atomic mass is 10.1. The van der Waals surface area contributed by atoms with Crippen molar-refractivity contribution < 1.29 is 13.5 Å². The molecule has 29 heavy (non-hydrogen) atoms. The van der Waals surface area contributed by atoms with Gasteiger partial charge in [-0.15, -0.1) is 11.3 Å². The van der Waals surface area contributed by atoms with Gasteiger partial charge in [0, 0.05) is 37.4 Å². The van der Waals surface area contributed by atoms with Gasteiger partial charge in [0.1, 0.15) is 5.69 Å². The van der Waals surface area contributed by atoms with Crippen molar-refractivity contribution in [2.24, 2.45) is 5.92 Å². The SMILES string of the molecule is Cc1ncc(-c2nc(-c3cc(S(=O)(=O)N4CC(CO)C4)ccc3C)cnc2N)s1. The van der Waals surface area contributed by atoms with Crippen LogP contribution in [0.4, 0.5) is 5.82 Å². The number of sulfonamides is 1. The first-order valence-corrected chi connectivity index (χ1v) is 11.3. The molecule has 8 nitrogen and oxygen atoms in total. The quantitative estimate of drug-likeness (QED) is 0.634. The second kappa shape index (κ2) is 7.45. The Labute approximate surface area is 173 Å². The molecular formula is C19H21N5O3S2. The van der Waals surface area contributed by atoms with Crippen molar-refractivity contribution in [3.8, 4) is 21.8 Å². The van der Waals surface area contributed by atoms with Gasteiger partial charge in [0.15, 0.2) is 5.82 Å². The molecule has 0 bridgehead atoms. The van der Waals surface area contributed by atoms with E-state index in [-0.39, 0.29) is 17.4 Å². The summed E-state index contributed by atoms with van der Waals surface area (Å²) in [6.07, 6.45) is 3.26. The third-order valence-electron chi connectivity index (χ3n) is 4.96. The van der Waals surface area contributed by atoms with E-state index in [2.05, 4.69) is 15.0 Å².